The van der Waals surface area contributed by atoms with E-state index in [0.717, 1.165) is 32.1 Å². The Labute approximate surface area is 187 Å². The van der Waals surface area contributed by atoms with Crippen molar-refractivity contribution in [1.82, 2.24) is 0 Å². The van der Waals surface area contributed by atoms with Crippen LogP contribution in [0.5, 0.6) is 0 Å². The molecule has 3 unspecified atom stereocenters. The minimum atomic E-state index is -0.348. The number of carbonyl (C=O) groups is 2. The summed E-state index contributed by atoms with van der Waals surface area (Å²) < 4.78 is 5.03. The lowest BCUT2D eigenvalue weighted by Crippen LogP contribution is -2.58. The highest BCUT2D eigenvalue weighted by molar-refractivity contribution is 5.91. The van der Waals surface area contributed by atoms with Crippen molar-refractivity contribution >= 4 is 11.8 Å². The molecule has 172 valence electrons. The van der Waals surface area contributed by atoms with Crippen LogP contribution in [0.15, 0.2) is 23.8 Å². The molecule has 0 spiro atoms. The smallest absolute Gasteiger partial charge is 0.330 e. The van der Waals surface area contributed by atoms with Crippen molar-refractivity contribution in [3.8, 4) is 0 Å². The van der Waals surface area contributed by atoms with Crippen molar-refractivity contribution < 1.29 is 19.4 Å². The zero-order valence-corrected chi connectivity index (χ0v) is 19.7. The van der Waals surface area contributed by atoms with Gasteiger partial charge in [0.15, 0.2) is 5.78 Å². The summed E-state index contributed by atoms with van der Waals surface area (Å²) in [6.07, 6.45) is 13.2. The van der Waals surface area contributed by atoms with Gasteiger partial charge in [-0.15, -0.1) is 0 Å². The molecular formula is C27H40O4. The number of carbonyl (C=O) groups excluding carboxylic acids is 2. The molecule has 0 bridgehead atoms. The van der Waals surface area contributed by atoms with Crippen molar-refractivity contribution in [1.29, 1.82) is 0 Å². The minimum Gasteiger partial charge on any atom is -0.463 e. The third kappa shape index (κ3) is 3.63. The fraction of sp³-hybridized carbons (Fsp3) is 0.778. The zero-order valence-electron chi connectivity index (χ0n) is 19.7. The van der Waals surface area contributed by atoms with E-state index >= 15 is 0 Å². The average molecular weight is 429 g/mol. The van der Waals surface area contributed by atoms with Crippen molar-refractivity contribution in [2.45, 2.75) is 85.2 Å². The lowest BCUT2D eigenvalue weighted by molar-refractivity contribution is -0.137. The standard InChI is InChI=1S/C27H40O4/c1-5-19-22-16-18(28)12-14-27(22,4)21-13-15-26(3)17(8-7-9-23(29)31-6-2)10-11-20(26)24(21)25(19)30/h7,9,16-17,19-21,24-25,30H,5-6,8,10-15H2,1-4H3/b9-7+/t17-,19-,20?,21?,24?,25+,26+,27+/m0/s1. The number of ketones is 1. The Balaban J connectivity index is 1.59. The van der Waals surface area contributed by atoms with Crippen LogP contribution < -0.4 is 0 Å². The van der Waals surface area contributed by atoms with Gasteiger partial charge in [0, 0.05) is 18.4 Å². The van der Waals surface area contributed by atoms with E-state index < -0.39 is 0 Å². The summed E-state index contributed by atoms with van der Waals surface area (Å²) in [6, 6.07) is 0. The van der Waals surface area contributed by atoms with Crippen LogP contribution in [0.1, 0.15) is 79.1 Å². The van der Waals surface area contributed by atoms with Gasteiger partial charge in [-0.2, -0.15) is 0 Å². The zero-order chi connectivity index (χ0) is 22.4. The van der Waals surface area contributed by atoms with Gasteiger partial charge in [0.2, 0.25) is 0 Å². The highest BCUT2D eigenvalue weighted by Gasteiger charge is 2.62. The summed E-state index contributed by atoms with van der Waals surface area (Å²) in [6.45, 7) is 9.22. The maximum absolute atomic E-state index is 12.3. The second-order valence-corrected chi connectivity index (χ2v) is 11.0. The van der Waals surface area contributed by atoms with Crippen LogP contribution in [0.3, 0.4) is 0 Å². The molecule has 0 aromatic carbocycles. The average Bonchev–Trinajstić information content (AvgIpc) is 3.06. The second kappa shape index (κ2) is 8.50. The Bertz CT molecular complexity index is 782. The molecule has 0 heterocycles. The van der Waals surface area contributed by atoms with Gasteiger partial charge in [-0.1, -0.05) is 32.4 Å². The fourth-order valence-electron chi connectivity index (χ4n) is 8.21. The Morgan fingerprint density at radius 3 is 2.68 bits per heavy atom. The van der Waals surface area contributed by atoms with Gasteiger partial charge >= 0.3 is 5.97 Å². The molecule has 0 aromatic rings. The van der Waals surface area contributed by atoms with Crippen LogP contribution in [0.2, 0.25) is 0 Å². The maximum Gasteiger partial charge on any atom is 0.330 e. The Morgan fingerprint density at radius 1 is 1.19 bits per heavy atom. The van der Waals surface area contributed by atoms with Gasteiger partial charge in [0.25, 0.3) is 0 Å². The number of esters is 1. The van der Waals surface area contributed by atoms with Gasteiger partial charge in [-0.3, -0.25) is 4.79 Å². The van der Waals surface area contributed by atoms with Crippen molar-refractivity contribution in [2.75, 3.05) is 6.61 Å². The van der Waals surface area contributed by atoms with Gasteiger partial charge in [0.1, 0.15) is 0 Å². The summed E-state index contributed by atoms with van der Waals surface area (Å²) in [4.78, 5) is 24.0. The third-order valence-electron chi connectivity index (χ3n) is 9.82. The lowest BCUT2D eigenvalue weighted by atomic mass is 9.44. The van der Waals surface area contributed by atoms with Crippen LogP contribution in [0, 0.1) is 40.4 Å². The molecule has 8 atom stereocenters. The molecule has 0 aromatic heterocycles. The Kier molecular flexibility index (Phi) is 6.24. The first-order chi connectivity index (χ1) is 14.8. The second-order valence-electron chi connectivity index (χ2n) is 11.0. The van der Waals surface area contributed by atoms with Crippen molar-refractivity contribution in [2.24, 2.45) is 40.4 Å². The van der Waals surface area contributed by atoms with Gasteiger partial charge in [0.05, 0.1) is 12.7 Å². The predicted octanol–water partition coefficient (Wildman–Crippen LogP) is 5.25. The first-order valence-corrected chi connectivity index (χ1v) is 12.5. The number of rotatable bonds is 5. The Hall–Kier alpha value is -1.42. The van der Waals surface area contributed by atoms with Crippen molar-refractivity contribution in [3.63, 3.8) is 0 Å². The lowest BCUT2D eigenvalue weighted by Gasteiger charge is -2.61. The molecule has 4 aliphatic carbocycles. The molecule has 4 rings (SSSR count). The molecule has 0 radical (unpaired) electrons. The minimum absolute atomic E-state index is 0.0573. The number of fused-ring (bicyclic) bond motifs is 5. The number of ether oxygens (including phenoxy) is 1. The van der Waals surface area contributed by atoms with Crippen LogP contribution in [-0.4, -0.2) is 29.6 Å². The summed E-state index contributed by atoms with van der Waals surface area (Å²) in [5.41, 5.74) is 1.51. The Morgan fingerprint density at radius 2 is 1.97 bits per heavy atom. The van der Waals surface area contributed by atoms with Gasteiger partial charge < -0.3 is 9.84 Å². The van der Waals surface area contributed by atoms with E-state index in [0.29, 0.717) is 36.7 Å². The number of allylic oxidation sites excluding steroid dienone is 1. The molecule has 0 aliphatic heterocycles. The first-order valence-electron chi connectivity index (χ1n) is 12.5. The van der Waals surface area contributed by atoms with Crippen LogP contribution in [-0.2, 0) is 14.3 Å². The topological polar surface area (TPSA) is 63.6 Å². The van der Waals surface area contributed by atoms with Crippen LogP contribution >= 0.6 is 0 Å². The van der Waals surface area contributed by atoms with Gasteiger partial charge in [-0.25, -0.2) is 4.79 Å². The predicted molar refractivity (Wildman–Crippen MR) is 121 cm³/mol. The molecule has 4 nitrogen and oxygen atoms in total. The maximum atomic E-state index is 12.3. The number of aliphatic hydroxyl groups excluding tert-OH is 1. The molecule has 4 aliphatic rings. The molecule has 3 saturated carbocycles. The van der Waals surface area contributed by atoms with E-state index in [4.69, 9.17) is 4.74 Å². The van der Waals surface area contributed by atoms with Crippen LogP contribution in [0.4, 0.5) is 0 Å². The van der Waals surface area contributed by atoms with E-state index in [9.17, 15) is 14.7 Å². The number of hydrogen-bond donors (Lipinski definition) is 1. The van der Waals surface area contributed by atoms with E-state index in [1.807, 2.05) is 19.1 Å². The summed E-state index contributed by atoms with van der Waals surface area (Å²) in [7, 11) is 0. The summed E-state index contributed by atoms with van der Waals surface area (Å²) in [5.74, 6) is 1.96. The van der Waals surface area contributed by atoms with E-state index in [2.05, 4.69) is 20.8 Å². The highest BCUT2D eigenvalue weighted by Crippen LogP contribution is 2.68. The highest BCUT2D eigenvalue weighted by atomic mass is 16.5. The number of aliphatic hydroxyl groups is 1. The first kappa shape index (κ1) is 22.8. The quantitative estimate of drug-likeness (QED) is 0.480. The summed E-state index contributed by atoms with van der Waals surface area (Å²) >= 11 is 0. The van der Waals surface area contributed by atoms with Gasteiger partial charge in [-0.05, 0) is 92.4 Å². The summed E-state index contributed by atoms with van der Waals surface area (Å²) in [5, 5.41) is 11.6. The van der Waals surface area contributed by atoms with E-state index in [-0.39, 0.29) is 34.6 Å². The number of hydrogen-bond acceptors (Lipinski definition) is 4. The largest absolute Gasteiger partial charge is 0.463 e. The molecule has 0 amide bonds. The molecule has 3 fully saturated rings. The monoisotopic (exact) mass is 428 g/mol. The van der Waals surface area contributed by atoms with E-state index in [1.165, 1.54) is 18.4 Å². The SMILES string of the molecule is CCOC(=O)/C=C/C[C@H]1CCC2C3C(CC[C@@]21C)[C@@]1(C)CCC(=O)C=C1[C@H](CC)[C@H]3O. The third-order valence-corrected chi connectivity index (χ3v) is 9.82. The fourth-order valence-corrected chi connectivity index (χ4v) is 8.21. The van der Waals surface area contributed by atoms with Crippen LogP contribution in [0.25, 0.3) is 0 Å². The molecule has 0 saturated heterocycles. The molecular weight excluding hydrogens is 388 g/mol. The van der Waals surface area contributed by atoms with E-state index in [1.54, 1.807) is 6.08 Å². The molecule has 1 N–H and O–H groups in total. The molecule has 4 heteroatoms. The molecule has 31 heavy (non-hydrogen) atoms. The normalized spacial score (nSPS) is 44.4. The van der Waals surface area contributed by atoms with Crippen molar-refractivity contribution in [3.05, 3.63) is 23.8 Å².